The molecule has 38 heavy (non-hydrogen) atoms. The summed E-state index contributed by atoms with van der Waals surface area (Å²) in [6.07, 6.45) is 1.91. The smallest absolute Gasteiger partial charge is 0.478 e. The van der Waals surface area contributed by atoms with Crippen LogP contribution in [0.3, 0.4) is 0 Å². The first kappa shape index (κ1) is 24.7. The van der Waals surface area contributed by atoms with Crippen LogP contribution < -0.4 is 9.64 Å². The van der Waals surface area contributed by atoms with E-state index in [2.05, 4.69) is 19.8 Å². The standard InChI is InChI=1S/C27H26F3N3O5/c28-27(29,30)37-22-4-2-1-3-20(22)24-21(25(38-32-24)15-5-6-15)14-36-19-11-17-8-9-18(12-19)33(17)23-10-7-16(13-31-23)26(34)35/h1-4,7,10,13,15,17-19H,5-6,8-9,11-12,14H2,(H,34,35)/t17-,18?,19?/m0/s1. The maximum absolute atomic E-state index is 13.0. The van der Waals surface area contributed by atoms with Gasteiger partial charge in [-0.15, -0.1) is 13.2 Å². The summed E-state index contributed by atoms with van der Waals surface area (Å²) in [5.41, 5.74) is 1.35. The van der Waals surface area contributed by atoms with Crippen LogP contribution in [-0.2, 0) is 11.3 Å². The summed E-state index contributed by atoms with van der Waals surface area (Å²) in [5, 5.41) is 13.3. The summed E-state index contributed by atoms with van der Waals surface area (Å²) in [6, 6.07) is 9.68. The molecule has 0 radical (unpaired) electrons. The molecule has 1 aliphatic carbocycles. The molecule has 1 N–H and O–H groups in total. The van der Waals surface area contributed by atoms with Crippen molar-refractivity contribution in [3.63, 3.8) is 0 Å². The number of halogens is 3. The molecule has 3 aromatic rings. The summed E-state index contributed by atoms with van der Waals surface area (Å²) in [4.78, 5) is 17.8. The number of pyridine rings is 1. The zero-order chi connectivity index (χ0) is 26.4. The van der Waals surface area contributed by atoms with Crippen LogP contribution in [0.5, 0.6) is 5.75 Å². The van der Waals surface area contributed by atoms with Crippen molar-refractivity contribution in [2.24, 2.45) is 0 Å². The Morgan fingerprint density at radius 3 is 2.45 bits per heavy atom. The lowest BCUT2D eigenvalue weighted by molar-refractivity contribution is -0.274. The average Bonchev–Trinajstić information content (AvgIpc) is 3.58. The highest BCUT2D eigenvalue weighted by Gasteiger charge is 2.42. The van der Waals surface area contributed by atoms with Crippen molar-refractivity contribution >= 4 is 11.8 Å². The fraction of sp³-hybridized carbons (Fsp3) is 0.444. The Hall–Kier alpha value is -3.60. The second-order valence-electron chi connectivity index (χ2n) is 10.1. The Kier molecular flexibility index (Phi) is 6.25. The van der Waals surface area contributed by atoms with Gasteiger partial charge in [-0.2, -0.15) is 0 Å². The number of rotatable bonds is 8. The number of fused-ring (bicyclic) bond motifs is 2. The highest BCUT2D eigenvalue weighted by Crippen LogP contribution is 2.46. The molecule has 2 bridgehead atoms. The molecule has 8 nitrogen and oxygen atoms in total. The van der Waals surface area contributed by atoms with Crippen molar-refractivity contribution in [2.75, 3.05) is 4.90 Å². The van der Waals surface area contributed by atoms with E-state index in [0.717, 1.165) is 44.3 Å². The van der Waals surface area contributed by atoms with E-state index in [1.807, 2.05) is 0 Å². The molecule has 2 saturated heterocycles. The number of para-hydroxylation sites is 1. The SMILES string of the molecule is O=C(O)c1ccc(N2C3CC[C@H]2CC(OCc2c(-c4ccccc4OC(F)(F)F)noc2C2CC2)C3)nc1. The quantitative estimate of drug-likeness (QED) is 0.384. The zero-order valence-corrected chi connectivity index (χ0v) is 20.4. The molecule has 11 heteroatoms. The van der Waals surface area contributed by atoms with Gasteiger partial charge in [0.2, 0.25) is 0 Å². The summed E-state index contributed by atoms with van der Waals surface area (Å²) < 4.78 is 55.4. The van der Waals surface area contributed by atoms with Crippen molar-refractivity contribution < 1.29 is 37.1 Å². The van der Waals surface area contributed by atoms with E-state index in [1.54, 1.807) is 24.3 Å². The Morgan fingerprint density at radius 2 is 1.82 bits per heavy atom. The van der Waals surface area contributed by atoms with E-state index in [-0.39, 0.29) is 47.6 Å². The molecular weight excluding hydrogens is 503 g/mol. The third-order valence-corrected chi connectivity index (χ3v) is 7.55. The maximum atomic E-state index is 13.0. The molecule has 4 heterocycles. The molecule has 1 saturated carbocycles. The van der Waals surface area contributed by atoms with Gasteiger partial charge in [-0.25, -0.2) is 9.78 Å². The minimum atomic E-state index is -4.83. The van der Waals surface area contributed by atoms with Crippen molar-refractivity contribution in [3.05, 3.63) is 59.5 Å². The van der Waals surface area contributed by atoms with Gasteiger partial charge in [0.1, 0.15) is 23.0 Å². The van der Waals surface area contributed by atoms with Gasteiger partial charge in [0.05, 0.1) is 18.3 Å². The van der Waals surface area contributed by atoms with Gasteiger partial charge in [-0.3, -0.25) is 0 Å². The van der Waals surface area contributed by atoms with Gasteiger partial charge in [0.15, 0.2) is 0 Å². The molecule has 200 valence electrons. The van der Waals surface area contributed by atoms with E-state index in [0.29, 0.717) is 17.0 Å². The van der Waals surface area contributed by atoms with E-state index in [1.165, 1.54) is 18.3 Å². The zero-order valence-electron chi connectivity index (χ0n) is 20.4. The third-order valence-electron chi connectivity index (χ3n) is 7.55. The summed E-state index contributed by atoms with van der Waals surface area (Å²) in [7, 11) is 0. The number of hydrogen-bond donors (Lipinski definition) is 1. The second-order valence-corrected chi connectivity index (χ2v) is 10.1. The molecule has 0 amide bonds. The number of alkyl halides is 3. The topological polar surface area (TPSA) is 97.9 Å². The Balaban J connectivity index is 1.19. The lowest BCUT2D eigenvalue weighted by Gasteiger charge is -2.39. The lowest BCUT2D eigenvalue weighted by atomic mass is 9.99. The number of aromatic carboxylic acids is 1. The van der Waals surface area contributed by atoms with Gasteiger partial charge in [-0.05, 0) is 62.8 Å². The largest absolute Gasteiger partial charge is 0.573 e. The predicted octanol–water partition coefficient (Wildman–Crippen LogP) is 5.93. The Labute approximate surface area is 216 Å². The van der Waals surface area contributed by atoms with Crippen molar-refractivity contribution in [2.45, 2.75) is 75.6 Å². The molecule has 3 fully saturated rings. The van der Waals surface area contributed by atoms with Crippen molar-refractivity contribution in [3.8, 4) is 17.0 Å². The molecule has 1 aromatic carbocycles. The van der Waals surface area contributed by atoms with Crippen LogP contribution in [0.2, 0.25) is 0 Å². The molecule has 2 aliphatic heterocycles. The van der Waals surface area contributed by atoms with Crippen molar-refractivity contribution in [1.29, 1.82) is 0 Å². The number of piperidine rings is 1. The minimum absolute atomic E-state index is 0.0430. The second kappa shape index (κ2) is 9.61. The van der Waals surface area contributed by atoms with Gasteiger partial charge < -0.3 is 24.0 Å². The summed E-state index contributed by atoms with van der Waals surface area (Å²) in [6.45, 7) is 0.181. The molecule has 2 aromatic heterocycles. The van der Waals surface area contributed by atoms with Crippen LogP contribution in [0.1, 0.15) is 66.1 Å². The number of ether oxygens (including phenoxy) is 2. The first-order valence-corrected chi connectivity index (χ1v) is 12.7. The average molecular weight is 530 g/mol. The molecule has 0 spiro atoms. The lowest BCUT2D eigenvalue weighted by Crippen LogP contribution is -2.46. The molecular formula is C27H26F3N3O5. The Morgan fingerprint density at radius 1 is 1.08 bits per heavy atom. The highest BCUT2D eigenvalue weighted by molar-refractivity contribution is 5.87. The normalized spacial score (nSPS) is 23.0. The van der Waals surface area contributed by atoms with Crippen molar-refractivity contribution in [1.82, 2.24) is 10.1 Å². The number of carboxylic acids is 1. The first-order valence-electron chi connectivity index (χ1n) is 12.7. The number of hydrogen-bond acceptors (Lipinski definition) is 7. The van der Waals surface area contributed by atoms with Crippen LogP contribution in [0.25, 0.3) is 11.3 Å². The number of anilines is 1. The monoisotopic (exact) mass is 529 g/mol. The van der Waals surface area contributed by atoms with Crippen LogP contribution >= 0.6 is 0 Å². The number of carbonyl (C=O) groups is 1. The molecule has 3 aliphatic rings. The summed E-state index contributed by atoms with van der Waals surface area (Å²) in [5.74, 6) is 0.294. The number of benzene rings is 1. The van der Waals surface area contributed by atoms with Crippen LogP contribution in [-0.4, -0.2) is 45.8 Å². The fourth-order valence-electron chi connectivity index (χ4n) is 5.72. The third kappa shape index (κ3) is 4.94. The maximum Gasteiger partial charge on any atom is 0.573 e. The van der Waals surface area contributed by atoms with Gasteiger partial charge >= 0.3 is 12.3 Å². The van der Waals surface area contributed by atoms with Crippen LogP contribution in [0.4, 0.5) is 19.0 Å². The minimum Gasteiger partial charge on any atom is -0.478 e. The Bertz CT molecular complexity index is 1310. The van der Waals surface area contributed by atoms with Gasteiger partial charge in [0.25, 0.3) is 0 Å². The first-order chi connectivity index (χ1) is 18.3. The fourth-order valence-corrected chi connectivity index (χ4v) is 5.72. The highest BCUT2D eigenvalue weighted by atomic mass is 19.4. The summed E-state index contributed by atoms with van der Waals surface area (Å²) >= 11 is 0. The molecule has 6 rings (SSSR count). The predicted molar refractivity (Wildman–Crippen MR) is 129 cm³/mol. The van der Waals surface area contributed by atoms with E-state index < -0.39 is 12.3 Å². The molecule has 2 unspecified atom stereocenters. The van der Waals surface area contributed by atoms with Gasteiger partial charge in [-0.1, -0.05) is 17.3 Å². The van der Waals surface area contributed by atoms with E-state index >= 15 is 0 Å². The number of nitrogens with zero attached hydrogens (tertiary/aromatic N) is 3. The van der Waals surface area contributed by atoms with Crippen LogP contribution in [0, 0.1) is 0 Å². The van der Waals surface area contributed by atoms with E-state index in [9.17, 15) is 18.0 Å². The molecule has 3 atom stereocenters. The van der Waals surface area contributed by atoms with Gasteiger partial charge in [0, 0.05) is 35.3 Å². The van der Waals surface area contributed by atoms with E-state index in [4.69, 9.17) is 14.4 Å². The van der Waals surface area contributed by atoms with Crippen LogP contribution in [0.15, 0.2) is 47.1 Å². The number of aromatic nitrogens is 2. The number of carboxylic acid groups (broad SMARTS) is 1.